The van der Waals surface area contributed by atoms with Gasteiger partial charge in [0.2, 0.25) is 0 Å². The Balaban J connectivity index is 2.12. The molecule has 1 N–H and O–H groups in total. The van der Waals surface area contributed by atoms with Crippen LogP contribution in [0.4, 0.5) is 5.69 Å². The van der Waals surface area contributed by atoms with Crippen molar-refractivity contribution in [1.82, 2.24) is 0 Å². The molecule has 17 heavy (non-hydrogen) atoms. The van der Waals surface area contributed by atoms with Gasteiger partial charge in [0.1, 0.15) is 0 Å². The standard InChI is InChI=1S/C14H20N2O/c1-12(2)17-10-4-3-9-16-14-7-5-13(11-15)6-8-14/h5-8,12,16H,3-4,9-10H2,1-2H3. The van der Waals surface area contributed by atoms with E-state index in [0.717, 1.165) is 31.7 Å². The summed E-state index contributed by atoms with van der Waals surface area (Å²) in [5, 5.41) is 12.0. The highest BCUT2D eigenvalue weighted by Gasteiger charge is 1.95. The highest BCUT2D eigenvalue weighted by atomic mass is 16.5. The fourth-order valence-corrected chi connectivity index (χ4v) is 1.44. The largest absolute Gasteiger partial charge is 0.385 e. The van der Waals surface area contributed by atoms with E-state index < -0.39 is 0 Å². The fourth-order valence-electron chi connectivity index (χ4n) is 1.44. The van der Waals surface area contributed by atoms with Crippen LogP contribution in [0.3, 0.4) is 0 Å². The predicted octanol–water partition coefficient (Wildman–Crippen LogP) is 3.18. The normalized spacial score (nSPS) is 10.2. The summed E-state index contributed by atoms with van der Waals surface area (Å²) in [6.07, 6.45) is 2.48. The van der Waals surface area contributed by atoms with Gasteiger partial charge in [0.05, 0.1) is 17.7 Å². The van der Waals surface area contributed by atoms with Gasteiger partial charge >= 0.3 is 0 Å². The van der Waals surface area contributed by atoms with Crippen LogP contribution in [-0.4, -0.2) is 19.3 Å². The summed E-state index contributed by atoms with van der Waals surface area (Å²) in [6.45, 7) is 5.87. The van der Waals surface area contributed by atoms with Gasteiger partial charge in [0.25, 0.3) is 0 Å². The number of nitrogens with zero attached hydrogens (tertiary/aromatic N) is 1. The van der Waals surface area contributed by atoms with E-state index in [-0.39, 0.29) is 0 Å². The van der Waals surface area contributed by atoms with E-state index in [4.69, 9.17) is 10.00 Å². The second kappa shape index (κ2) is 7.70. The second-order valence-electron chi connectivity index (χ2n) is 4.24. The number of ether oxygens (including phenoxy) is 1. The molecule has 0 saturated heterocycles. The first-order chi connectivity index (χ1) is 8.22. The molecule has 1 aromatic carbocycles. The summed E-state index contributed by atoms with van der Waals surface area (Å²) in [7, 11) is 0. The Bertz CT molecular complexity index is 351. The van der Waals surface area contributed by atoms with Crippen molar-refractivity contribution in [2.75, 3.05) is 18.5 Å². The van der Waals surface area contributed by atoms with Gasteiger partial charge in [0.15, 0.2) is 0 Å². The van der Waals surface area contributed by atoms with Crippen molar-refractivity contribution in [3.8, 4) is 6.07 Å². The molecule has 0 unspecified atom stereocenters. The van der Waals surface area contributed by atoms with E-state index in [9.17, 15) is 0 Å². The third-order valence-corrected chi connectivity index (χ3v) is 2.37. The lowest BCUT2D eigenvalue weighted by molar-refractivity contribution is 0.0765. The molecular weight excluding hydrogens is 212 g/mol. The van der Waals surface area contributed by atoms with Crippen LogP contribution < -0.4 is 5.32 Å². The summed E-state index contributed by atoms with van der Waals surface area (Å²) >= 11 is 0. The maximum atomic E-state index is 8.66. The van der Waals surface area contributed by atoms with Gasteiger partial charge in [-0.15, -0.1) is 0 Å². The Morgan fingerprint density at radius 3 is 2.53 bits per heavy atom. The van der Waals surface area contributed by atoms with Crippen molar-refractivity contribution in [2.45, 2.75) is 32.8 Å². The van der Waals surface area contributed by atoms with E-state index in [1.807, 2.05) is 24.3 Å². The minimum absolute atomic E-state index is 0.321. The molecule has 0 spiro atoms. The van der Waals surface area contributed by atoms with E-state index in [1.165, 1.54) is 0 Å². The summed E-state index contributed by atoms with van der Waals surface area (Å²) in [6, 6.07) is 9.62. The minimum atomic E-state index is 0.321. The molecule has 0 bridgehead atoms. The molecule has 0 fully saturated rings. The lowest BCUT2D eigenvalue weighted by Crippen LogP contribution is -2.06. The van der Waals surface area contributed by atoms with Crippen molar-refractivity contribution >= 4 is 5.69 Å². The Morgan fingerprint density at radius 2 is 1.94 bits per heavy atom. The molecule has 3 heteroatoms. The lowest BCUT2D eigenvalue weighted by atomic mass is 10.2. The molecule has 0 radical (unpaired) electrons. The molecule has 0 aliphatic carbocycles. The summed E-state index contributed by atoms with van der Waals surface area (Å²) in [5.41, 5.74) is 1.76. The molecule has 0 aromatic heterocycles. The van der Waals surface area contributed by atoms with Gasteiger partial charge in [-0.3, -0.25) is 0 Å². The monoisotopic (exact) mass is 232 g/mol. The molecule has 0 saturated carbocycles. The van der Waals surface area contributed by atoms with E-state index in [1.54, 1.807) is 0 Å². The molecule has 0 aliphatic heterocycles. The average molecular weight is 232 g/mol. The minimum Gasteiger partial charge on any atom is -0.385 e. The van der Waals surface area contributed by atoms with Gasteiger partial charge in [-0.25, -0.2) is 0 Å². The Labute approximate surface area is 103 Å². The van der Waals surface area contributed by atoms with Crippen molar-refractivity contribution in [1.29, 1.82) is 5.26 Å². The average Bonchev–Trinajstić information content (AvgIpc) is 2.34. The molecular formula is C14H20N2O. The van der Waals surface area contributed by atoms with E-state index >= 15 is 0 Å². The first-order valence-electron chi connectivity index (χ1n) is 6.08. The van der Waals surface area contributed by atoms with Gasteiger partial charge in [0, 0.05) is 18.8 Å². The van der Waals surface area contributed by atoms with Crippen LogP contribution in [0.15, 0.2) is 24.3 Å². The zero-order chi connectivity index (χ0) is 12.5. The van der Waals surface area contributed by atoms with Crippen LogP contribution in [0.25, 0.3) is 0 Å². The quantitative estimate of drug-likeness (QED) is 0.734. The summed E-state index contributed by atoms with van der Waals surface area (Å²) in [4.78, 5) is 0. The van der Waals surface area contributed by atoms with Gasteiger partial charge in [-0.2, -0.15) is 5.26 Å². The maximum absolute atomic E-state index is 8.66. The highest BCUT2D eigenvalue weighted by Crippen LogP contribution is 2.08. The van der Waals surface area contributed by atoms with Crippen LogP contribution in [0.2, 0.25) is 0 Å². The molecule has 0 heterocycles. The van der Waals surface area contributed by atoms with Gasteiger partial charge in [-0.1, -0.05) is 0 Å². The van der Waals surface area contributed by atoms with Crippen LogP contribution >= 0.6 is 0 Å². The Hall–Kier alpha value is -1.53. The zero-order valence-corrected chi connectivity index (χ0v) is 10.6. The van der Waals surface area contributed by atoms with E-state index in [0.29, 0.717) is 11.7 Å². The van der Waals surface area contributed by atoms with Gasteiger partial charge < -0.3 is 10.1 Å². The number of nitrogens with one attached hydrogen (secondary N) is 1. The molecule has 1 rings (SSSR count). The van der Waals surface area contributed by atoms with Crippen LogP contribution in [0.5, 0.6) is 0 Å². The van der Waals surface area contributed by atoms with Gasteiger partial charge in [-0.05, 0) is 51.0 Å². The predicted molar refractivity (Wildman–Crippen MR) is 70.0 cm³/mol. The third kappa shape index (κ3) is 5.94. The summed E-state index contributed by atoms with van der Waals surface area (Å²) in [5.74, 6) is 0. The molecule has 0 aliphatic rings. The highest BCUT2D eigenvalue weighted by molar-refractivity contribution is 5.46. The number of unbranched alkanes of at least 4 members (excludes halogenated alkanes) is 1. The second-order valence-corrected chi connectivity index (χ2v) is 4.24. The third-order valence-electron chi connectivity index (χ3n) is 2.37. The van der Waals surface area contributed by atoms with Crippen LogP contribution in [0, 0.1) is 11.3 Å². The SMILES string of the molecule is CC(C)OCCCCNc1ccc(C#N)cc1. The zero-order valence-electron chi connectivity index (χ0n) is 10.6. The molecule has 3 nitrogen and oxygen atoms in total. The number of rotatable bonds is 7. The smallest absolute Gasteiger partial charge is 0.0991 e. The maximum Gasteiger partial charge on any atom is 0.0991 e. The van der Waals surface area contributed by atoms with Crippen molar-refractivity contribution in [2.24, 2.45) is 0 Å². The molecule has 1 aromatic rings. The van der Waals surface area contributed by atoms with Crippen molar-refractivity contribution in [3.63, 3.8) is 0 Å². The number of nitriles is 1. The molecule has 0 atom stereocenters. The Morgan fingerprint density at radius 1 is 1.24 bits per heavy atom. The topological polar surface area (TPSA) is 45.0 Å². The number of benzene rings is 1. The Kier molecular flexibility index (Phi) is 6.13. The first kappa shape index (κ1) is 13.5. The number of hydrogen-bond acceptors (Lipinski definition) is 3. The number of anilines is 1. The summed E-state index contributed by atoms with van der Waals surface area (Å²) < 4.78 is 5.46. The number of hydrogen-bond donors (Lipinski definition) is 1. The first-order valence-corrected chi connectivity index (χ1v) is 6.08. The van der Waals surface area contributed by atoms with Crippen molar-refractivity contribution < 1.29 is 4.74 Å². The lowest BCUT2D eigenvalue weighted by Gasteiger charge is -2.08. The van der Waals surface area contributed by atoms with Crippen LogP contribution in [0.1, 0.15) is 32.3 Å². The molecule has 0 amide bonds. The van der Waals surface area contributed by atoms with E-state index in [2.05, 4.69) is 25.2 Å². The molecule has 92 valence electrons. The van der Waals surface area contributed by atoms with Crippen LogP contribution in [-0.2, 0) is 4.74 Å². The van der Waals surface area contributed by atoms with Crippen molar-refractivity contribution in [3.05, 3.63) is 29.8 Å². The fraction of sp³-hybridized carbons (Fsp3) is 0.500.